The van der Waals surface area contributed by atoms with Gasteiger partial charge in [0.05, 0.1) is 6.54 Å². The third kappa shape index (κ3) is 6.14. The van der Waals surface area contributed by atoms with Crippen molar-refractivity contribution >= 4 is 11.5 Å². The number of nitrogens with zero attached hydrogens (tertiary/aromatic N) is 3. The highest BCUT2D eigenvalue weighted by atomic mass is 15.5. The summed E-state index contributed by atoms with van der Waals surface area (Å²) in [5.41, 5.74) is 17.6. The van der Waals surface area contributed by atoms with E-state index in [2.05, 4.69) is 149 Å². The molecule has 0 amide bonds. The lowest BCUT2D eigenvalue weighted by Gasteiger charge is -2.18. The molecule has 5 aromatic rings. The zero-order chi connectivity index (χ0) is 31.5. The fraction of sp³-hybridized carbons (Fsp3) is 0.333. The van der Waals surface area contributed by atoms with Crippen LogP contribution >= 0.6 is 0 Å². The van der Waals surface area contributed by atoms with E-state index in [1.165, 1.54) is 27.9 Å². The van der Waals surface area contributed by atoms with Crippen molar-refractivity contribution in [2.24, 2.45) is 0 Å². The summed E-state index contributed by atoms with van der Waals surface area (Å²) in [6.07, 6.45) is 0. The van der Waals surface area contributed by atoms with Gasteiger partial charge in [0.15, 0.2) is 0 Å². The van der Waals surface area contributed by atoms with Crippen molar-refractivity contribution < 1.29 is 4.68 Å². The molecule has 0 atom stereocenters. The Morgan fingerprint density at radius 3 is 1.64 bits per heavy atom. The number of nitrogens with one attached hydrogen (secondary N) is 1. The van der Waals surface area contributed by atoms with Crippen LogP contribution in [-0.2, 0) is 6.54 Å². The van der Waals surface area contributed by atoms with Crippen LogP contribution in [0.4, 0.5) is 11.5 Å². The molecule has 228 valence electrons. The molecule has 5 nitrogen and oxygen atoms in total. The number of aromatic nitrogens is 3. The second kappa shape index (κ2) is 13.1. The molecule has 3 N–H and O–H groups in total. The fourth-order valence-corrected chi connectivity index (χ4v) is 6.04. The van der Waals surface area contributed by atoms with Crippen LogP contribution in [0.2, 0.25) is 0 Å². The second-order valence-corrected chi connectivity index (χ2v) is 13.1. The smallest absolute Gasteiger partial charge is 0.289 e. The summed E-state index contributed by atoms with van der Waals surface area (Å²) < 4.78 is 4.40. The summed E-state index contributed by atoms with van der Waals surface area (Å²) in [6, 6.07) is 32.2. The summed E-state index contributed by atoms with van der Waals surface area (Å²) in [6.45, 7) is 18.8. The van der Waals surface area contributed by atoms with Gasteiger partial charge in [0, 0.05) is 16.5 Å². The summed E-state index contributed by atoms with van der Waals surface area (Å²) >= 11 is 0. The third-order valence-electron chi connectivity index (χ3n) is 8.42. The van der Waals surface area contributed by atoms with Gasteiger partial charge in [0.2, 0.25) is 5.69 Å². The Morgan fingerprint density at radius 2 is 1.14 bits per heavy atom. The standard InChI is InChI=1S/C39H48N5/c1-25(2)32-16-12-17-33(26(3)4)37(32)43-36(30-14-10-9-11-15-30)39(41-24-29-20-22-31(40)23-21-29)44(42-43)38-34(27(5)6)18-13-19-35(38)28(7)8/h9-23,25-28,41H,24,40H2,1-8H3/q+1. The van der Waals surface area contributed by atoms with Crippen molar-refractivity contribution in [3.8, 4) is 22.6 Å². The van der Waals surface area contributed by atoms with Crippen molar-refractivity contribution in [3.05, 3.63) is 119 Å². The number of anilines is 2. The first-order chi connectivity index (χ1) is 21.1. The molecule has 0 spiro atoms. The molecule has 1 aromatic heterocycles. The van der Waals surface area contributed by atoms with Crippen LogP contribution < -0.4 is 15.7 Å². The Balaban J connectivity index is 1.92. The van der Waals surface area contributed by atoms with Gasteiger partial charge in [-0.1, -0.05) is 134 Å². The predicted octanol–water partition coefficient (Wildman–Crippen LogP) is 9.50. The molecule has 44 heavy (non-hydrogen) atoms. The molecule has 0 unspecified atom stereocenters. The van der Waals surface area contributed by atoms with Gasteiger partial charge in [0.25, 0.3) is 5.82 Å². The van der Waals surface area contributed by atoms with E-state index in [0.29, 0.717) is 30.2 Å². The summed E-state index contributed by atoms with van der Waals surface area (Å²) in [5.74, 6) is 2.26. The number of nitrogens with two attached hydrogens (primary N) is 1. The zero-order valence-electron chi connectivity index (χ0n) is 27.6. The number of para-hydroxylation sites is 2. The van der Waals surface area contributed by atoms with Crippen LogP contribution in [0.25, 0.3) is 22.6 Å². The van der Waals surface area contributed by atoms with Gasteiger partial charge in [-0.05, 0) is 63.6 Å². The lowest BCUT2D eigenvalue weighted by atomic mass is 9.92. The quantitative estimate of drug-likeness (QED) is 0.127. The number of rotatable bonds is 10. The zero-order valence-corrected chi connectivity index (χ0v) is 27.6. The second-order valence-electron chi connectivity index (χ2n) is 13.1. The predicted molar refractivity (Wildman–Crippen MR) is 185 cm³/mol. The maximum Gasteiger partial charge on any atom is 0.289 e. The van der Waals surface area contributed by atoms with Gasteiger partial charge in [0.1, 0.15) is 11.4 Å². The van der Waals surface area contributed by atoms with Crippen molar-refractivity contribution in [1.29, 1.82) is 0 Å². The van der Waals surface area contributed by atoms with Crippen LogP contribution in [-0.4, -0.2) is 9.90 Å². The SMILES string of the molecule is CC(C)c1cccc(C(C)C)c1-n1n[n+](-c2c(C(C)C)cccc2C(C)C)c(NCc2ccc(N)cc2)c1-c1ccccc1. The molecule has 0 bridgehead atoms. The van der Waals surface area contributed by atoms with E-state index in [9.17, 15) is 0 Å². The van der Waals surface area contributed by atoms with Crippen LogP contribution in [0.5, 0.6) is 0 Å². The minimum Gasteiger partial charge on any atom is -0.399 e. The number of hydrogen-bond acceptors (Lipinski definition) is 3. The minimum absolute atomic E-state index is 0.320. The number of nitrogen functional groups attached to an aromatic ring is 1. The lowest BCUT2D eigenvalue weighted by molar-refractivity contribution is -0.648. The maximum absolute atomic E-state index is 6.03. The van der Waals surface area contributed by atoms with E-state index in [0.717, 1.165) is 34.0 Å². The van der Waals surface area contributed by atoms with Crippen LogP contribution in [0.3, 0.4) is 0 Å². The molecule has 0 fully saturated rings. The molecule has 5 heteroatoms. The van der Waals surface area contributed by atoms with E-state index in [1.807, 2.05) is 12.1 Å². The molecule has 1 heterocycles. The van der Waals surface area contributed by atoms with Crippen molar-refractivity contribution in [1.82, 2.24) is 9.90 Å². The molecule has 0 saturated heterocycles. The van der Waals surface area contributed by atoms with E-state index in [4.69, 9.17) is 10.9 Å². The van der Waals surface area contributed by atoms with Gasteiger partial charge >= 0.3 is 0 Å². The summed E-state index contributed by atoms with van der Waals surface area (Å²) in [7, 11) is 0. The van der Waals surface area contributed by atoms with Crippen molar-refractivity contribution in [2.45, 2.75) is 85.6 Å². The molecule has 0 radical (unpaired) electrons. The van der Waals surface area contributed by atoms with Gasteiger partial charge in [-0.25, -0.2) is 0 Å². The average Bonchev–Trinajstić information content (AvgIpc) is 3.39. The van der Waals surface area contributed by atoms with E-state index < -0.39 is 0 Å². The van der Waals surface area contributed by atoms with E-state index in [-0.39, 0.29) is 0 Å². The normalized spacial score (nSPS) is 11.7. The lowest BCUT2D eigenvalue weighted by Crippen LogP contribution is -2.39. The molecule has 0 aliphatic rings. The largest absolute Gasteiger partial charge is 0.399 e. The molecule has 0 aliphatic carbocycles. The highest BCUT2D eigenvalue weighted by Crippen LogP contribution is 2.37. The average molecular weight is 587 g/mol. The van der Waals surface area contributed by atoms with E-state index >= 15 is 0 Å². The number of benzene rings is 4. The Kier molecular flexibility index (Phi) is 9.24. The van der Waals surface area contributed by atoms with Crippen molar-refractivity contribution in [3.63, 3.8) is 0 Å². The van der Waals surface area contributed by atoms with Gasteiger partial charge in [-0.15, -0.1) is 9.36 Å². The van der Waals surface area contributed by atoms with Gasteiger partial charge in [-0.3, -0.25) is 5.32 Å². The van der Waals surface area contributed by atoms with Gasteiger partial charge < -0.3 is 5.73 Å². The monoisotopic (exact) mass is 586 g/mol. The highest BCUT2D eigenvalue weighted by molar-refractivity contribution is 5.73. The Labute approximate surface area is 263 Å². The van der Waals surface area contributed by atoms with Crippen LogP contribution in [0, 0.1) is 0 Å². The topological polar surface area (TPSA) is 59.8 Å². The first-order valence-corrected chi connectivity index (χ1v) is 16.0. The summed E-state index contributed by atoms with van der Waals surface area (Å²) in [4.78, 5) is 0. The first kappa shape index (κ1) is 31.1. The maximum atomic E-state index is 6.03. The van der Waals surface area contributed by atoms with E-state index in [1.54, 1.807) is 0 Å². The Hall–Kier alpha value is -4.38. The first-order valence-electron chi connectivity index (χ1n) is 16.0. The minimum atomic E-state index is 0.320. The van der Waals surface area contributed by atoms with Crippen molar-refractivity contribution in [2.75, 3.05) is 11.1 Å². The third-order valence-corrected chi connectivity index (χ3v) is 8.42. The van der Waals surface area contributed by atoms with Crippen LogP contribution in [0.1, 0.15) is 107 Å². The molecule has 5 rings (SSSR count). The molecular weight excluding hydrogens is 538 g/mol. The molecule has 0 saturated carbocycles. The van der Waals surface area contributed by atoms with Crippen LogP contribution in [0.15, 0.2) is 91.0 Å². The molecule has 4 aromatic carbocycles. The molecule has 0 aliphatic heterocycles. The highest BCUT2D eigenvalue weighted by Gasteiger charge is 2.34. The number of hydrogen-bond donors (Lipinski definition) is 2. The Bertz CT molecular complexity index is 1660. The molecular formula is C39H48N5+. The fourth-order valence-electron chi connectivity index (χ4n) is 6.04. The Morgan fingerprint density at radius 1 is 0.636 bits per heavy atom. The summed E-state index contributed by atoms with van der Waals surface area (Å²) in [5, 5.41) is 9.45. The van der Waals surface area contributed by atoms with Gasteiger partial charge in [-0.2, -0.15) is 0 Å².